The first-order valence-corrected chi connectivity index (χ1v) is 11.9. The molecule has 1 N–H and O–H groups in total. The summed E-state index contributed by atoms with van der Waals surface area (Å²) in [5, 5.41) is 11.3. The molecular weight excluding hydrogens is 414 g/mol. The molecule has 5 nitrogen and oxygen atoms in total. The van der Waals surface area contributed by atoms with E-state index in [1.54, 1.807) is 23.1 Å². The lowest BCUT2D eigenvalue weighted by atomic mass is 9.93. The van der Waals surface area contributed by atoms with Gasteiger partial charge in [-0.2, -0.15) is 0 Å². The Morgan fingerprint density at radius 3 is 2.33 bits per heavy atom. The molecule has 1 amide bonds. The number of hydrogen-bond acceptors (Lipinski definition) is 4. The minimum Gasteiger partial charge on any atom is -0.507 e. The zero-order valence-corrected chi connectivity index (χ0v) is 20.4. The fraction of sp³-hybridized carbons (Fsp3) is 0.429. The second-order valence-corrected chi connectivity index (χ2v) is 8.93. The van der Waals surface area contributed by atoms with Crippen molar-refractivity contribution in [3.63, 3.8) is 0 Å². The highest BCUT2D eigenvalue weighted by Crippen LogP contribution is 2.40. The fourth-order valence-corrected chi connectivity index (χ4v) is 4.32. The lowest BCUT2D eigenvalue weighted by molar-refractivity contribution is -0.139. The third kappa shape index (κ3) is 5.13. The van der Waals surface area contributed by atoms with Crippen LogP contribution in [0.3, 0.4) is 0 Å². The van der Waals surface area contributed by atoms with Crippen LogP contribution >= 0.6 is 0 Å². The lowest BCUT2D eigenvalue weighted by Crippen LogP contribution is -2.30. The van der Waals surface area contributed by atoms with Gasteiger partial charge in [-0.15, -0.1) is 0 Å². The molecule has 0 radical (unpaired) electrons. The number of aryl methyl sites for hydroxylation is 1. The molecule has 1 heterocycles. The van der Waals surface area contributed by atoms with Crippen LogP contribution in [0.5, 0.6) is 5.75 Å². The van der Waals surface area contributed by atoms with Crippen molar-refractivity contribution < 1.29 is 19.4 Å². The number of benzene rings is 2. The van der Waals surface area contributed by atoms with Crippen molar-refractivity contribution in [3.8, 4) is 5.75 Å². The Morgan fingerprint density at radius 1 is 1.06 bits per heavy atom. The molecule has 1 aliphatic rings. The van der Waals surface area contributed by atoms with Gasteiger partial charge in [0.2, 0.25) is 0 Å². The van der Waals surface area contributed by atoms with Gasteiger partial charge < -0.3 is 14.7 Å². The monoisotopic (exact) mass is 449 g/mol. The first-order chi connectivity index (χ1) is 15.8. The van der Waals surface area contributed by atoms with E-state index in [9.17, 15) is 14.7 Å². The maximum atomic E-state index is 13.1. The average Bonchev–Trinajstić information content (AvgIpc) is 3.05. The number of rotatable bonds is 9. The van der Waals surface area contributed by atoms with Crippen molar-refractivity contribution in [1.29, 1.82) is 0 Å². The molecule has 1 aliphatic heterocycles. The number of carbonyl (C=O) groups excluding carboxylic acids is 2. The minimum atomic E-state index is -0.631. The van der Waals surface area contributed by atoms with E-state index in [1.807, 2.05) is 38.1 Å². The van der Waals surface area contributed by atoms with Gasteiger partial charge in [0, 0.05) is 12.1 Å². The highest BCUT2D eigenvalue weighted by atomic mass is 16.5. The summed E-state index contributed by atoms with van der Waals surface area (Å²) in [7, 11) is 0. The Hall–Kier alpha value is -3.08. The molecule has 3 rings (SSSR count). The van der Waals surface area contributed by atoms with Crippen molar-refractivity contribution in [2.75, 3.05) is 13.2 Å². The third-order valence-corrected chi connectivity index (χ3v) is 6.21. The number of amides is 1. The molecule has 1 saturated heterocycles. The van der Waals surface area contributed by atoms with E-state index in [-0.39, 0.29) is 11.3 Å². The fourth-order valence-electron chi connectivity index (χ4n) is 4.32. The van der Waals surface area contributed by atoms with E-state index in [0.717, 1.165) is 36.1 Å². The summed E-state index contributed by atoms with van der Waals surface area (Å²) in [4.78, 5) is 27.8. The van der Waals surface area contributed by atoms with Gasteiger partial charge in [0.25, 0.3) is 11.7 Å². The predicted octanol–water partition coefficient (Wildman–Crippen LogP) is 6.13. The molecule has 0 saturated carbocycles. The van der Waals surface area contributed by atoms with Gasteiger partial charge in [0.05, 0.1) is 18.2 Å². The maximum absolute atomic E-state index is 13.1. The standard InChI is InChI=1S/C28H35NO4/c1-6-8-9-16-29-25(21-12-10-20(11-13-21)18(3)4)24(27(31)28(29)32)26(30)22-14-15-23(33-7-2)19(5)17-22/h10-15,17-18,25,30H,6-9,16H2,1-5H3/b26-24-. The molecule has 2 aromatic rings. The molecule has 2 aromatic carbocycles. The Bertz CT molecular complexity index is 1040. The summed E-state index contributed by atoms with van der Waals surface area (Å²) < 4.78 is 5.60. The normalized spacial score (nSPS) is 17.8. The molecule has 0 spiro atoms. The van der Waals surface area contributed by atoms with Gasteiger partial charge in [-0.25, -0.2) is 0 Å². The topological polar surface area (TPSA) is 66.8 Å². The number of hydrogen-bond donors (Lipinski definition) is 1. The van der Waals surface area contributed by atoms with Crippen molar-refractivity contribution in [2.24, 2.45) is 0 Å². The SMILES string of the molecule is CCCCCN1C(=O)C(=O)/C(=C(\O)c2ccc(OCC)c(C)c2)C1c1ccc(C(C)C)cc1. The summed E-state index contributed by atoms with van der Waals surface area (Å²) >= 11 is 0. The molecule has 1 atom stereocenters. The molecule has 0 aliphatic carbocycles. The summed E-state index contributed by atoms with van der Waals surface area (Å²) in [6, 6.07) is 12.7. The van der Waals surface area contributed by atoms with Crippen LogP contribution < -0.4 is 4.74 Å². The Morgan fingerprint density at radius 2 is 1.76 bits per heavy atom. The van der Waals surface area contributed by atoms with Crippen LogP contribution in [0.4, 0.5) is 0 Å². The van der Waals surface area contributed by atoms with Crippen molar-refractivity contribution in [1.82, 2.24) is 4.90 Å². The van der Waals surface area contributed by atoms with Crippen LogP contribution in [-0.2, 0) is 9.59 Å². The molecule has 0 bridgehead atoms. The van der Waals surface area contributed by atoms with Crippen molar-refractivity contribution in [2.45, 2.75) is 65.8 Å². The van der Waals surface area contributed by atoms with Gasteiger partial charge in [0.15, 0.2) is 0 Å². The van der Waals surface area contributed by atoms with E-state index < -0.39 is 17.7 Å². The van der Waals surface area contributed by atoms with Gasteiger partial charge in [-0.05, 0) is 61.1 Å². The first kappa shape index (κ1) is 24.6. The zero-order valence-electron chi connectivity index (χ0n) is 20.4. The molecule has 5 heteroatoms. The maximum Gasteiger partial charge on any atom is 0.295 e. The molecule has 0 aromatic heterocycles. The van der Waals surface area contributed by atoms with Crippen molar-refractivity contribution >= 4 is 17.4 Å². The highest BCUT2D eigenvalue weighted by Gasteiger charge is 2.45. The van der Waals surface area contributed by atoms with Crippen molar-refractivity contribution in [3.05, 3.63) is 70.3 Å². The van der Waals surface area contributed by atoms with Crippen LogP contribution in [0.1, 0.15) is 81.2 Å². The summed E-state index contributed by atoms with van der Waals surface area (Å²) in [6.45, 7) is 11.2. The average molecular weight is 450 g/mol. The van der Waals surface area contributed by atoms with Gasteiger partial charge >= 0.3 is 0 Å². The minimum absolute atomic E-state index is 0.143. The third-order valence-electron chi connectivity index (χ3n) is 6.21. The smallest absolute Gasteiger partial charge is 0.295 e. The van der Waals surface area contributed by atoms with Crippen LogP contribution in [0.25, 0.3) is 5.76 Å². The Labute approximate surface area is 197 Å². The van der Waals surface area contributed by atoms with Gasteiger partial charge in [-0.3, -0.25) is 9.59 Å². The van der Waals surface area contributed by atoms with Crippen LogP contribution in [-0.4, -0.2) is 34.8 Å². The molecule has 33 heavy (non-hydrogen) atoms. The van der Waals surface area contributed by atoms with E-state index in [2.05, 4.69) is 20.8 Å². The summed E-state index contributed by atoms with van der Waals surface area (Å²) in [6.07, 6.45) is 2.80. The van der Waals surface area contributed by atoms with E-state index in [0.29, 0.717) is 24.6 Å². The Balaban J connectivity index is 2.10. The molecular formula is C28H35NO4. The number of nitrogens with zero attached hydrogens (tertiary/aromatic N) is 1. The number of ketones is 1. The molecule has 176 valence electrons. The number of aliphatic hydroxyl groups is 1. The van der Waals surface area contributed by atoms with Gasteiger partial charge in [-0.1, -0.05) is 57.9 Å². The second kappa shape index (κ2) is 10.7. The van der Waals surface area contributed by atoms with Gasteiger partial charge in [0.1, 0.15) is 11.5 Å². The predicted molar refractivity (Wildman–Crippen MR) is 131 cm³/mol. The number of aliphatic hydroxyl groups excluding tert-OH is 1. The zero-order chi connectivity index (χ0) is 24.1. The quantitative estimate of drug-likeness (QED) is 0.216. The Kier molecular flexibility index (Phi) is 7.96. The number of ether oxygens (including phenoxy) is 1. The number of likely N-dealkylation sites (tertiary alicyclic amines) is 1. The summed E-state index contributed by atoms with van der Waals surface area (Å²) in [5.74, 6) is -0.214. The molecule has 1 fully saturated rings. The number of carbonyl (C=O) groups is 2. The molecule has 1 unspecified atom stereocenters. The number of unbranched alkanes of at least 4 members (excludes halogenated alkanes) is 2. The van der Waals surface area contributed by atoms with E-state index in [4.69, 9.17) is 4.74 Å². The lowest BCUT2D eigenvalue weighted by Gasteiger charge is -2.25. The summed E-state index contributed by atoms with van der Waals surface area (Å²) in [5.41, 5.74) is 3.53. The van der Waals surface area contributed by atoms with Crippen LogP contribution in [0.15, 0.2) is 48.0 Å². The highest BCUT2D eigenvalue weighted by molar-refractivity contribution is 6.46. The largest absolute Gasteiger partial charge is 0.507 e. The first-order valence-electron chi connectivity index (χ1n) is 11.9. The van der Waals surface area contributed by atoms with Crippen LogP contribution in [0.2, 0.25) is 0 Å². The van der Waals surface area contributed by atoms with Crippen LogP contribution in [0, 0.1) is 6.92 Å². The van der Waals surface area contributed by atoms with E-state index >= 15 is 0 Å². The van der Waals surface area contributed by atoms with E-state index in [1.165, 1.54) is 5.56 Å². The second-order valence-electron chi connectivity index (χ2n) is 8.93. The number of Topliss-reactive ketones (excluding diaryl/α,β-unsaturated/α-hetero) is 1.